The standard InChI is InChI=1S/C13H16N4O/c1-9(12-15-7-8-16-12)17-13(18)11(14)10-5-3-2-4-6-10/h2-9,11H,14H2,1H3,(H,15,16)(H,17,18). The third-order valence-electron chi connectivity index (χ3n) is 2.73. The zero-order valence-electron chi connectivity index (χ0n) is 10.1. The first kappa shape index (κ1) is 12.3. The maximum absolute atomic E-state index is 12.0. The lowest BCUT2D eigenvalue weighted by Crippen LogP contribution is -2.36. The van der Waals surface area contributed by atoms with Crippen LogP contribution in [0.5, 0.6) is 0 Å². The molecule has 2 rings (SSSR count). The summed E-state index contributed by atoms with van der Waals surface area (Å²) in [7, 11) is 0. The van der Waals surface area contributed by atoms with Gasteiger partial charge in [-0.3, -0.25) is 4.79 Å². The van der Waals surface area contributed by atoms with Gasteiger partial charge >= 0.3 is 0 Å². The molecule has 0 fully saturated rings. The number of aromatic amines is 1. The highest BCUT2D eigenvalue weighted by Crippen LogP contribution is 2.12. The Morgan fingerprint density at radius 3 is 2.72 bits per heavy atom. The molecule has 0 spiro atoms. The third kappa shape index (κ3) is 2.75. The maximum atomic E-state index is 12.0. The second-order valence-electron chi connectivity index (χ2n) is 4.09. The van der Waals surface area contributed by atoms with Gasteiger partial charge in [-0.25, -0.2) is 4.98 Å². The highest BCUT2D eigenvalue weighted by atomic mass is 16.2. The summed E-state index contributed by atoms with van der Waals surface area (Å²) in [5.41, 5.74) is 6.69. The zero-order valence-corrected chi connectivity index (χ0v) is 10.1. The van der Waals surface area contributed by atoms with Gasteiger partial charge in [0.1, 0.15) is 11.9 Å². The number of nitrogens with zero attached hydrogens (tertiary/aromatic N) is 1. The third-order valence-corrected chi connectivity index (χ3v) is 2.73. The predicted molar refractivity (Wildman–Crippen MR) is 68.5 cm³/mol. The second-order valence-corrected chi connectivity index (χ2v) is 4.09. The molecule has 18 heavy (non-hydrogen) atoms. The Kier molecular flexibility index (Phi) is 3.74. The van der Waals surface area contributed by atoms with Crippen LogP contribution < -0.4 is 11.1 Å². The summed E-state index contributed by atoms with van der Waals surface area (Å²) in [4.78, 5) is 19.0. The number of benzene rings is 1. The topological polar surface area (TPSA) is 83.8 Å². The molecule has 1 aromatic heterocycles. The molecule has 0 radical (unpaired) electrons. The first-order valence-electron chi connectivity index (χ1n) is 5.78. The number of hydrogen-bond donors (Lipinski definition) is 3. The summed E-state index contributed by atoms with van der Waals surface area (Å²) in [5, 5.41) is 2.82. The molecule has 2 unspecified atom stereocenters. The fraction of sp³-hybridized carbons (Fsp3) is 0.231. The number of carbonyl (C=O) groups is 1. The zero-order chi connectivity index (χ0) is 13.0. The highest BCUT2D eigenvalue weighted by Gasteiger charge is 2.18. The molecule has 0 aliphatic rings. The molecule has 5 nitrogen and oxygen atoms in total. The molecule has 5 heteroatoms. The molecule has 1 aromatic carbocycles. The lowest BCUT2D eigenvalue weighted by atomic mass is 10.1. The van der Waals surface area contributed by atoms with Gasteiger partial charge in [0.15, 0.2) is 0 Å². The van der Waals surface area contributed by atoms with Crippen LogP contribution in [-0.4, -0.2) is 15.9 Å². The molecule has 0 bridgehead atoms. The van der Waals surface area contributed by atoms with Gasteiger partial charge in [0, 0.05) is 12.4 Å². The molecule has 0 aliphatic carbocycles. The van der Waals surface area contributed by atoms with E-state index in [1.807, 2.05) is 37.3 Å². The second kappa shape index (κ2) is 5.46. The Morgan fingerprint density at radius 2 is 2.11 bits per heavy atom. The largest absolute Gasteiger partial charge is 0.347 e. The molecule has 0 saturated carbocycles. The van der Waals surface area contributed by atoms with Crippen molar-refractivity contribution in [2.45, 2.75) is 19.0 Å². The van der Waals surface area contributed by atoms with E-state index in [0.717, 1.165) is 5.56 Å². The molecule has 2 atom stereocenters. The smallest absolute Gasteiger partial charge is 0.242 e. The number of amides is 1. The summed E-state index contributed by atoms with van der Waals surface area (Å²) in [5.74, 6) is 0.494. The fourth-order valence-corrected chi connectivity index (χ4v) is 1.70. The van der Waals surface area contributed by atoms with E-state index in [4.69, 9.17) is 5.73 Å². The van der Waals surface area contributed by atoms with Crippen molar-refractivity contribution in [1.82, 2.24) is 15.3 Å². The minimum absolute atomic E-state index is 0.192. The molecule has 0 aliphatic heterocycles. The summed E-state index contributed by atoms with van der Waals surface area (Å²) in [6.45, 7) is 1.86. The van der Waals surface area contributed by atoms with Gasteiger partial charge in [-0.15, -0.1) is 0 Å². The summed E-state index contributed by atoms with van der Waals surface area (Å²) >= 11 is 0. The molecule has 94 valence electrons. The van der Waals surface area contributed by atoms with Crippen LogP contribution in [0.1, 0.15) is 30.4 Å². The molecule has 1 heterocycles. The van der Waals surface area contributed by atoms with E-state index in [9.17, 15) is 4.79 Å². The van der Waals surface area contributed by atoms with Crippen molar-refractivity contribution in [3.63, 3.8) is 0 Å². The number of hydrogen-bond acceptors (Lipinski definition) is 3. The lowest BCUT2D eigenvalue weighted by Gasteiger charge is -2.16. The number of aromatic nitrogens is 2. The van der Waals surface area contributed by atoms with E-state index in [1.54, 1.807) is 12.4 Å². The van der Waals surface area contributed by atoms with Gasteiger partial charge in [-0.1, -0.05) is 30.3 Å². The van der Waals surface area contributed by atoms with Gasteiger partial charge in [-0.2, -0.15) is 0 Å². The van der Waals surface area contributed by atoms with E-state index in [1.165, 1.54) is 0 Å². The van der Waals surface area contributed by atoms with Gasteiger partial charge in [0.05, 0.1) is 6.04 Å². The van der Waals surface area contributed by atoms with Gasteiger partial charge in [0.25, 0.3) is 0 Å². The van der Waals surface area contributed by atoms with Crippen LogP contribution >= 0.6 is 0 Å². The van der Waals surface area contributed by atoms with Crippen LogP contribution in [0.2, 0.25) is 0 Å². The Bertz CT molecular complexity index is 495. The molecular weight excluding hydrogens is 228 g/mol. The van der Waals surface area contributed by atoms with Crippen LogP contribution in [0.25, 0.3) is 0 Å². The van der Waals surface area contributed by atoms with Crippen molar-refractivity contribution in [2.24, 2.45) is 5.73 Å². The van der Waals surface area contributed by atoms with Crippen LogP contribution in [0, 0.1) is 0 Å². The summed E-state index contributed by atoms with van der Waals surface area (Å²) in [6, 6.07) is 8.42. The van der Waals surface area contributed by atoms with E-state index in [2.05, 4.69) is 15.3 Å². The number of rotatable bonds is 4. The van der Waals surface area contributed by atoms with Gasteiger partial charge < -0.3 is 16.0 Å². The maximum Gasteiger partial charge on any atom is 0.242 e. The fourth-order valence-electron chi connectivity index (χ4n) is 1.70. The average molecular weight is 244 g/mol. The Balaban J connectivity index is 2.00. The minimum Gasteiger partial charge on any atom is -0.347 e. The van der Waals surface area contributed by atoms with Crippen molar-refractivity contribution < 1.29 is 4.79 Å². The van der Waals surface area contributed by atoms with Crippen LogP contribution in [0.3, 0.4) is 0 Å². The minimum atomic E-state index is -0.663. The van der Waals surface area contributed by atoms with Crippen molar-refractivity contribution in [3.05, 3.63) is 54.1 Å². The molecule has 2 aromatic rings. The van der Waals surface area contributed by atoms with Crippen LogP contribution in [-0.2, 0) is 4.79 Å². The van der Waals surface area contributed by atoms with Crippen LogP contribution in [0.4, 0.5) is 0 Å². The monoisotopic (exact) mass is 244 g/mol. The SMILES string of the molecule is CC(NC(=O)C(N)c1ccccc1)c1ncc[nH]1. The van der Waals surface area contributed by atoms with Crippen molar-refractivity contribution in [1.29, 1.82) is 0 Å². The van der Waals surface area contributed by atoms with Crippen molar-refractivity contribution in [3.8, 4) is 0 Å². The first-order chi connectivity index (χ1) is 8.68. The van der Waals surface area contributed by atoms with Crippen LogP contribution in [0.15, 0.2) is 42.7 Å². The lowest BCUT2D eigenvalue weighted by molar-refractivity contribution is -0.123. The number of nitrogens with one attached hydrogen (secondary N) is 2. The Labute approximate surface area is 105 Å². The van der Waals surface area contributed by atoms with E-state index < -0.39 is 6.04 Å². The van der Waals surface area contributed by atoms with Gasteiger partial charge in [0.2, 0.25) is 5.91 Å². The van der Waals surface area contributed by atoms with E-state index in [0.29, 0.717) is 5.82 Å². The first-order valence-corrected chi connectivity index (χ1v) is 5.78. The average Bonchev–Trinajstić information content (AvgIpc) is 2.92. The Morgan fingerprint density at radius 1 is 1.39 bits per heavy atom. The number of carbonyl (C=O) groups excluding carboxylic acids is 1. The predicted octanol–water partition coefficient (Wildman–Crippen LogP) is 1.29. The summed E-state index contributed by atoms with van der Waals surface area (Å²) < 4.78 is 0. The molecule has 0 saturated heterocycles. The number of imidazole rings is 1. The van der Waals surface area contributed by atoms with Crippen molar-refractivity contribution in [2.75, 3.05) is 0 Å². The van der Waals surface area contributed by atoms with E-state index >= 15 is 0 Å². The number of nitrogens with two attached hydrogens (primary N) is 1. The molecule has 1 amide bonds. The molecule has 4 N–H and O–H groups in total. The summed E-state index contributed by atoms with van der Waals surface area (Å²) in [6.07, 6.45) is 3.37. The van der Waals surface area contributed by atoms with E-state index in [-0.39, 0.29) is 11.9 Å². The molecular formula is C13H16N4O. The quantitative estimate of drug-likeness (QED) is 0.757. The number of H-pyrrole nitrogens is 1. The Hall–Kier alpha value is -2.14. The van der Waals surface area contributed by atoms with Gasteiger partial charge in [-0.05, 0) is 12.5 Å². The van der Waals surface area contributed by atoms with Crippen molar-refractivity contribution >= 4 is 5.91 Å². The normalized spacial score (nSPS) is 13.9. The highest BCUT2D eigenvalue weighted by molar-refractivity contribution is 5.83.